The third-order valence-electron chi connectivity index (χ3n) is 6.98. The summed E-state index contributed by atoms with van der Waals surface area (Å²) in [5, 5.41) is 0. The van der Waals surface area contributed by atoms with Crippen LogP contribution in [0.15, 0.2) is 66.7 Å². The lowest BCUT2D eigenvalue weighted by atomic mass is 9.63. The number of allylic oxidation sites excluding steroid dienone is 2. The van der Waals surface area contributed by atoms with E-state index in [-0.39, 0.29) is 41.2 Å². The second-order valence-electron chi connectivity index (χ2n) is 8.39. The molecule has 2 amide bonds. The molecule has 144 valence electrons. The minimum atomic E-state index is -0.516. The average Bonchev–Trinajstić information content (AvgIpc) is 3.53. The molecule has 1 aliphatic heterocycles. The molecule has 5 heteroatoms. The number of carbonyl (C=O) groups excluding carboxylic acids is 3. The zero-order valence-corrected chi connectivity index (χ0v) is 15.6. The Bertz CT molecular complexity index is 1040. The van der Waals surface area contributed by atoms with E-state index in [0.717, 1.165) is 6.42 Å². The van der Waals surface area contributed by atoms with Crippen LogP contribution in [0, 0.1) is 35.5 Å². The number of nitrogens with zero attached hydrogens (tertiary/aromatic N) is 1. The Labute approximate surface area is 168 Å². The average molecular weight is 385 g/mol. The van der Waals surface area contributed by atoms with E-state index >= 15 is 0 Å². The summed E-state index contributed by atoms with van der Waals surface area (Å²) in [5.74, 6) is 0.262. The smallest absolute Gasteiger partial charge is 0.343 e. The number of rotatable bonds is 3. The molecular formula is C24H19NO4. The molecule has 2 bridgehead atoms. The zero-order valence-electron chi connectivity index (χ0n) is 15.6. The van der Waals surface area contributed by atoms with Gasteiger partial charge in [-0.3, -0.25) is 9.59 Å². The number of amides is 2. The lowest BCUT2D eigenvalue weighted by molar-refractivity contribution is -0.124. The Kier molecular flexibility index (Phi) is 3.40. The van der Waals surface area contributed by atoms with Gasteiger partial charge in [0.25, 0.3) is 0 Å². The summed E-state index contributed by atoms with van der Waals surface area (Å²) in [4.78, 5) is 40.5. The van der Waals surface area contributed by atoms with Crippen LogP contribution in [-0.2, 0) is 9.59 Å². The molecule has 2 saturated carbocycles. The van der Waals surface area contributed by atoms with Crippen LogP contribution < -0.4 is 9.64 Å². The van der Waals surface area contributed by atoms with Crippen LogP contribution in [0.5, 0.6) is 5.75 Å². The molecule has 3 fully saturated rings. The van der Waals surface area contributed by atoms with E-state index in [0.29, 0.717) is 23.1 Å². The van der Waals surface area contributed by atoms with Crippen LogP contribution >= 0.6 is 0 Å². The molecule has 6 atom stereocenters. The maximum Gasteiger partial charge on any atom is 0.343 e. The highest BCUT2D eigenvalue weighted by molar-refractivity contribution is 6.23. The summed E-state index contributed by atoms with van der Waals surface area (Å²) in [5.41, 5.74) is 0.770. The Morgan fingerprint density at radius 3 is 2.07 bits per heavy atom. The molecule has 7 rings (SSSR count). The van der Waals surface area contributed by atoms with Crippen molar-refractivity contribution in [2.75, 3.05) is 4.90 Å². The summed E-state index contributed by atoms with van der Waals surface area (Å²) in [6.07, 6.45) is 5.42. The molecule has 1 heterocycles. The van der Waals surface area contributed by atoms with Gasteiger partial charge in [0.15, 0.2) is 5.75 Å². The Morgan fingerprint density at radius 1 is 0.828 bits per heavy atom. The van der Waals surface area contributed by atoms with Crippen molar-refractivity contribution >= 4 is 23.5 Å². The van der Waals surface area contributed by atoms with Crippen molar-refractivity contribution in [2.45, 2.75) is 6.42 Å². The topological polar surface area (TPSA) is 63.7 Å². The molecule has 2 aromatic carbocycles. The molecule has 5 nitrogen and oxygen atoms in total. The normalized spacial score (nSPS) is 33.4. The van der Waals surface area contributed by atoms with E-state index < -0.39 is 5.97 Å². The zero-order chi connectivity index (χ0) is 19.7. The number of esters is 1. The quantitative estimate of drug-likeness (QED) is 0.351. The second-order valence-corrected chi connectivity index (χ2v) is 8.39. The van der Waals surface area contributed by atoms with Crippen molar-refractivity contribution in [3.05, 3.63) is 72.3 Å². The highest BCUT2D eigenvalue weighted by atomic mass is 16.5. The van der Waals surface area contributed by atoms with Crippen LogP contribution in [0.3, 0.4) is 0 Å². The highest BCUT2D eigenvalue weighted by Gasteiger charge is 2.67. The second kappa shape index (κ2) is 5.89. The first-order valence-corrected chi connectivity index (χ1v) is 10.1. The van der Waals surface area contributed by atoms with Gasteiger partial charge < -0.3 is 4.74 Å². The predicted octanol–water partition coefficient (Wildman–Crippen LogP) is 3.46. The fourth-order valence-electron chi connectivity index (χ4n) is 5.66. The van der Waals surface area contributed by atoms with Crippen LogP contribution in [0.25, 0.3) is 0 Å². The van der Waals surface area contributed by atoms with E-state index in [1.807, 2.05) is 6.07 Å². The number of imide groups is 1. The Hall–Kier alpha value is -3.21. The summed E-state index contributed by atoms with van der Waals surface area (Å²) >= 11 is 0. The van der Waals surface area contributed by atoms with Crippen LogP contribution in [0.4, 0.5) is 5.69 Å². The van der Waals surface area contributed by atoms with Crippen LogP contribution in [0.2, 0.25) is 0 Å². The van der Waals surface area contributed by atoms with Crippen molar-refractivity contribution in [3.8, 4) is 5.75 Å². The third-order valence-corrected chi connectivity index (χ3v) is 6.98. The summed E-state index contributed by atoms with van der Waals surface area (Å²) in [7, 11) is 0. The molecule has 0 aromatic heterocycles. The van der Waals surface area contributed by atoms with E-state index in [1.165, 1.54) is 4.90 Å². The molecule has 1 saturated heterocycles. The number of hydrogen-bond donors (Lipinski definition) is 0. The van der Waals surface area contributed by atoms with Crippen molar-refractivity contribution in [3.63, 3.8) is 0 Å². The van der Waals surface area contributed by atoms with Gasteiger partial charge in [0.05, 0.1) is 23.1 Å². The van der Waals surface area contributed by atoms with Crippen LogP contribution in [-0.4, -0.2) is 17.8 Å². The maximum atomic E-state index is 13.3. The van der Waals surface area contributed by atoms with Gasteiger partial charge in [0, 0.05) is 0 Å². The number of carbonyl (C=O) groups is 3. The van der Waals surface area contributed by atoms with Gasteiger partial charge in [-0.15, -0.1) is 0 Å². The Morgan fingerprint density at radius 2 is 1.41 bits per heavy atom. The number of para-hydroxylation sites is 2. The maximum absolute atomic E-state index is 13.3. The molecule has 2 aromatic rings. The van der Waals surface area contributed by atoms with Gasteiger partial charge in [-0.25, -0.2) is 9.69 Å². The molecule has 29 heavy (non-hydrogen) atoms. The fraction of sp³-hybridized carbons (Fsp3) is 0.292. The largest absolute Gasteiger partial charge is 0.421 e. The van der Waals surface area contributed by atoms with E-state index in [9.17, 15) is 14.4 Å². The Balaban J connectivity index is 1.35. The van der Waals surface area contributed by atoms with Gasteiger partial charge in [-0.1, -0.05) is 42.5 Å². The van der Waals surface area contributed by atoms with E-state index in [4.69, 9.17) is 4.74 Å². The summed E-state index contributed by atoms with van der Waals surface area (Å²) in [6, 6.07) is 15.5. The van der Waals surface area contributed by atoms with Gasteiger partial charge in [-0.2, -0.15) is 0 Å². The molecule has 0 spiro atoms. The highest BCUT2D eigenvalue weighted by Crippen LogP contribution is 2.65. The van der Waals surface area contributed by atoms with Gasteiger partial charge in [0.1, 0.15) is 0 Å². The number of benzene rings is 2. The minimum absolute atomic E-state index is 0.159. The van der Waals surface area contributed by atoms with Crippen LogP contribution in [0.1, 0.15) is 16.8 Å². The SMILES string of the molecule is O=C(Oc1ccccc1N1C(=O)[C@@H]2[C@H]3C=C[C@H]([C@H]4C[C@H]34)[C@@H]2C1=O)c1ccccc1. The summed E-state index contributed by atoms with van der Waals surface area (Å²) in [6.45, 7) is 0. The molecule has 0 unspecified atom stereocenters. The van der Waals surface area contributed by atoms with Gasteiger partial charge in [0.2, 0.25) is 11.8 Å². The lowest BCUT2D eigenvalue weighted by Gasteiger charge is -2.37. The molecule has 0 radical (unpaired) electrons. The predicted molar refractivity (Wildman–Crippen MR) is 105 cm³/mol. The number of ether oxygens (including phenoxy) is 1. The van der Waals surface area contributed by atoms with Gasteiger partial charge >= 0.3 is 5.97 Å². The summed E-state index contributed by atoms with van der Waals surface area (Å²) < 4.78 is 5.59. The molecule has 5 aliphatic rings. The monoisotopic (exact) mass is 385 g/mol. The van der Waals surface area contributed by atoms with Crippen molar-refractivity contribution in [1.29, 1.82) is 0 Å². The molecular weight excluding hydrogens is 366 g/mol. The standard InChI is InChI=1S/C24H19NO4/c26-22-20-14-10-11-15(17-12-16(14)17)21(20)23(27)25(22)18-8-4-5-9-19(18)29-24(28)13-6-2-1-3-7-13/h1-11,14-17,20-21H,12H2/t14-,15+,16-,17-,20+,21-/m1/s1. The van der Waals surface area contributed by atoms with Gasteiger partial charge in [-0.05, 0) is 54.4 Å². The molecule has 0 N–H and O–H groups in total. The number of anilines is 1. The van der Waals surface area contributed by atoms with E-state index in [2.05, 4.69) is 12.2 Å². The number of hydrogen-bond acceptors (Lipinski definition) is 4. The third kappa shape index (κ3) is 2.30. The molecule has 4 aliphatic carbocycles. The first-order valence-electron chi connectivity index (χ1n) is 10.1. The van der Waals surface area contributed by atoms with E-state index in [1.54, 1.807) is 48.5 Å². The minimum Gasteiger partial charge on any atom is -0.421 e. The van der Waals surface area contributed by atoms with Crippen molar-refractivity contribution in [1.82, 2.24) is 0 Å². The fourth-order valence-corrected chi connectivity index (χ4v) is 5.66. The first-order chi connectivity index (χ1) is 14.1. The van der Waals surface area contributed by atoms with Crippen molar-refractivity contribution in [2.24, 2.45) is 35.5 Å². The van der Waals surface area contributed by atoms with Crippen molar-refractivity contribution < 1.29 is 19.1 Å². The first kappa shape index (κ1) is 16.7. The lowest BCUT2D eigenvalue weighted by Crippen LogP contribution is -2.40.